The van der Waals surface area contributed by atoms with Gasteiger partial charge in [-0.15, -0.1) is 5.10 Å². The molecule has 0 N–H and O–H groups in total. The molecule has 0 saturated heterocycles. The molecule has 0 atom stereocenters. The summed E-state index contributed by atoms with van der Waals surface area (Å²) in [6.07, 6.45) is 5.86. The molecule has 0 aliphatic heterocycles. The summed E-state index contributed by atoms with van der Waals surface area (Å²) in [7, 11) is 3.44. The molecule has 100 valence electrons. The molecule has 0 radical (unpaired) electrons. The van der Waals surface area contributed by atoms with E-state index in [2.05, 4.69) is 17.2 Å². The molecule has 1 fully saturated rings. The predicted molar refractivity (Wildman–Crippen MR) is 67.1 cm³/mol. The van der Waals surface area contributed by atoms with Crippen LogP contribution in [0.2, 0.25) is 0 Å². The third-order valence-corrected chi connectivity index (χ3v) is 3.97. The van der Waals surface area contributed by atoms with Crippen LogP contribution in [0, 0.1) is 5.92 Å². The number of ketones is 1. The molecule has 1 aliphatic carbocycles. The van der Waals surface area contributed by atoms with Crippen molar-refractivity contribution in [1.82, 2.24) is 15.0 Å². The summed E-state index contributed by atoms with van der Waals surface area (Å²) >= 11 is 0. The first-order valence-corrected chi connectivity index (χ1v) is 6.49. The molecule has 1 heterocycles. The zero-order valence-corrected chi connectivity index (χ0v) is 11.3. The van der Waals surface area contributed by atoms with Gasteiger partial charge in [0.1, 0.15) is 5.60 Å². The Morgan fingerprint density at radius 3 is 2.72 bits per heavy atom. The van der Waals surface area contributed by atoms with Crippen molar-refractivity contribution in [3.05, 3.63) is 11.9 Å². The van der Waals surface area contributed by atoms with Crippen LogP contribution in [0.25, 0.3) is 0 Å². The molecule has 18 heavy (non-hydrogen) atoms. The Kier molecular flexibility index (Phi) is 3.80. The Bertz CT molecular complexity index is 420. The third kappa shape index (κ3) is 2.61. The fraction of sp³-hybridized carbons (Fsp3) is 0.769. The number of carbonyl (C=O) groups excluding carboxylic acids is 1. The van der Waals surface area contributed by atoms with Crippen LogP contribution in [0.4, 0.5) is 0 Å². The summed E-state index contributed by atoms with van der Waals surface area (Å²) in [4.78, 5) is 12.4. The standard InChI is InChI=1S/C13H21N3O2/c1-10-4-6-13(18-3,7-5-10)12(17)8-11-9-16(2)15-14-11/h9-10H,4-8H2,1-3H3. The summed E-state index contributed by atoms with van der Waals surface area (Å²) < 4.78 is 7.18. The number of nitrogens with zero attached hydrogens (tertiary/aromatic N) is 3. The Morgan fingerprint density at radius 1 is 1.56 bits per heavy atom. The monoisotopic (exact) mass is 251 g/mol. The van der Waals surface area contributed by atoms with Gasteiger partial charge in [0.2, 0.25) is 0 Å². The van der Waals surface area contributed by atoms with Crippen molar-refractivity contribution in [1.29, 1.82) is 0 Å². The summed E-state index contributed by atoms with van der Waals surface area (Å²) in [6.45, 7) is 2.23. The minimum Gasteiger partial charge on any atom is -0.370 e. The summed E-state index contributed by atoms with van der Waals surface area (Å²) in [5.41, 5.74) is 0.127. The summed E-state index contributed by atoms with van der Waals surface area (Å²) in [6, 6.07) is 0. The molecule has 5 nitrogen and oxygen atoms in total. The molecule has 1 saturated carbocycles. The quantitative estimate of drug-likeness (QED) is 0.814. The maximum atomic E-state index is 12.4. The molecule has 1 aromatic rings. The van der Waals surface area contributed by atoms with Crippen LogP contribution in [-0.4, -0.2) is 33.5 Å². The summed E-state index contributed by atoms with van der Waals surface area (Å²) in [5.74, 6) is 0.829. The van der Waals surface area contributed by atoms with Gasteiger partial charge in [-0.2, -0.15) is 0 Å². The zero-order valence-electron chi connectivity index (χ0n) is 11.3. The lowest BCUT2D eigenvalue weighted by Gasteiger charge is -2.36. The highest BCUT2D eigenvalue weighted by Crippen LogP contribution is 2.35. The second-order valence-electron chi connectivity index (χ2n) is 5.36. The van der Waals surface area contributed by atoms with Crippen LogP contribution in [0.15, 0.2) is 6.20 Å². The number of Topliss-reactive ketones (excluding diaryl/α,β-unsaturated/α-hetero) is 1. The van der Waals surface area contributed by atoms with Gasteiger partial charge in [0.15, 0.2) is 5.78 Å². The van der Waals surface area contributed by atoms with Crippen molar-refractivity contribution in [3.63, 3.8) is 0 Å². The largest absolute Gasteiger partial charge is 0.370 e. The fourth-order valence-electron chi connectivity index (χ4n) is 2.63. The Morgan fingerprint density at radius 2 is 2.22 bits per heavy atom. The molecule has 0 bridgehead atoms. The fourth-order valence-corrected chi connectivity index (χ4v) is 2.63. The van der Waals surface area contributed by atoms with Gasteiger partial charge >= 0.3 is 0 Å². The SMILES string of the molecule is COC1(C(=O)Cc2cn(C)nn2)CCC(C)CC1. The number of aryl methyl sites for hydroxylation is 1. The van der Waals surface area contributed by atoms with Gasteiger partial charge in [0.05, 0.1) is 12.1 Å². The normalized spacial score (nSPS) is 28.3. The molecule has 2 rings (SSSR count). The Balaban J connectivity index is 2.06. The molecular formula is C13H21N3O2. The number of aromatic nitrogens is 3. The van der Waals surface area contributed by atoms with Gasteiger partial charge in [0, 0.05) is 20.4 Å². The van der Waals surface area contributed by atoms with Gasteiger partial charge in [-0.05, 0) is 31.6 Å². The lowest BCUT2D eigenvalue weighted by atomic mass is 9.76. The average molecular weight is 251 g/mol. The minimum absolute atomic E-state index is 0.136. The van der Waals surface area contributed by atoms with Crippen molar-refractivity contribution < 1.29 is 9.53 Å². The van der Waals surface area contributed by atoms with Crippen LogP contribution < -0.4 is 0 Å². The van der Waals surface area contributed by atoms with E-state index in [9.17, 15) is 4.79 Å². The van der Waals surface area contributed by atoms with E-state index in [1.54, 1.807) is 25.0 Å². The first-order valence-electron chi connectivity index (χ1n) is 6.49. The van der Waals surface area contributed by atoms with E-state index < -0.39 is 5.60 Å². The van der Waals surface area contributed by atoms with Gasteiger partial charge in [-0.25, -0.2) is 0 Å². The third-order valence-electron chi connectivity index (χ3n) is 3.97. The van der Waals surface area contributed by atoms with E-state index in [4.69, 9.17) is 4.74 Å². The van der Waals surface area contributed by atoms with Gasteiger partial charge < -0.3 is 4.74 Å². The van der Waals surface area contributed by atoms with Crippen LogP contribution in [0.1, 0.15) is 38.3 Å². The molecule has 1 aromatic heterocycles. The van der Waals surface area contributed by atoms with Gasteiger partial charge in [-0.3, -0.25) is 9.48 Å². The topological polar surface area (TPSA) is 57.0 Å². The Hall–Kier alpha value is -1.23. The number of hydrogen-bond donors (Lipinski definition) is 0. The smallest absolute Gasteiger partial charge is 0.170 e. The number of methoxy groups -OCH3 is 1. The van der Waals surface area contributed by atoms with E-state index in [0.717, 1.165) is 31.4 Å². The van der Waals surface area contributed by atoms with E-state index >= 15 is 0 Å². The molecule has 0 unspecified atom stereocenters. The first kappa shape index (κ1) is 13.2. The van der Waals surface area contributed by atoms with Crippen LogP contribution in [-0.2, 0) is 23.0 Å². The molecule has 1 aliphatic rings. The number of ether oxygens (including phenoxy) is 1. The highest BCUT2D eigenvalue weighted by atomic mass is 16.5. The van der Waals surface area contributed by atoms with Crippen molar-refractivity contribution in [2.75, 3.05) is 7.11 Å². The predicted octanol–water partition coefficient (Wildman–Crippen LogP) is 1.52. The van der Waals surface area contributed by atoms with Crippen molar-refractivity contribution in [3.8, 4) is 0 Å². The lowest BCUT2D eigenvalue weighted by Crippen LogP contribution is -2.44. The highest BCUT2D eigenvalue weighted by Gasteiger charge is 2.40. The van der Waals surface area contributed by atoms with E-state index in [1.165, 1.54) is 0 Å². The van der Waals surface area contributed by atoms with Crippen molar-refractivity contribution in [2.45, 2.75) is 44.6 Å². The maximum absolute atomic E-state index is 12.4. The molecular weight excluding hydrogens is 230 g/mol. The second-order valence-corrected chi connectivity index (χ2v) is 5.36. The molecule has 0 amide bonds. The maximum Gasteiger partial charge on any atom is 0.170 e. The number of hydrogen-bond acceptors (Lipinski definition) is 4. The summed E-state index contributed by atoms with van der Waals surface area (Å²) in [5, 5.41) is 7.82. The zero-order chi connectivity index (χ0) is 13.2. The first-order chi connectivity index (χ1) is 8.55. The van der Waals surface area contributed by atoms with Crippen molar-refractivity contribution >= 4 is 5.78 Å². The number of carbonyl (C=O) groups is 1. The Labute approximate surface area is 108 Å². The lowest BCUT2D eigenvalue weighted by molar-refractivity contribution is -0.145. The van der Waals surface area contributed by atoms with Gasteiger partial charge in [0.25, 0.3) is 0 Å². The van der Waals surface area contributed by atoms with Crippen LogP contribution in [0.3, 0.4) is 0 Å². The van der Waals surface area contributed by atoms with E-state index in [1.807, 2.05) is 0 Å². The van der Waals surface area contributed by atoms with E-state index in [-0.39, 0.29) is 5.78 Å². The minimum atomic E-state index is -0.593. The van der Waals surface area contributed by atoms with Crippen LogP contribution in [0.5, 0.6) is 0 Å². The molecule has 5 heteroatoms. The van der Waals surface area contributed by atoms with Crippen LogP contribution >= 0.6 is 0 Å². The van der Waals surface area contributed by atoms with Gasteiger partial charge in [-0.1, -0.05) is 12.1 Å². The molecule has 0 spiro atoms. The van der Waals surface area contributed by atoms with E-state index in [0.29, 0.717) is 12.3 Å². The van der Waals surface area contributed by atoms with Crippen molar-refractivity contribution in [2.24, 2.45) is 13.0 Å². The number of rotatable bonds is 4. The molecule has 0 aromatic carbocycles. The average Bonchev–Trinajstić information content (AvgIpc) is 2.76. The highest BCUT2D eigenvalue weighted by molar-refractivity contribution is 5.89. The second kappa shape index (κ2) is 5.18.